The Balaban J connectivity index is 1.63. The predicted molar refractivity (Wildman–Crippen MR) is 132 cm³/mol. The third kappa shape index (κ3) is 2.66. The minimum absolute atomic E-state index is 0.0457. The molecule has 0 saturated heterocycles. The molecule has 7 unspecified atom stereocenters. The maximum absolute atomic E-state index is 10.8. The van der Waals surface area contributed by atoms with E-state index in [4.69, 9.17) is 0 Å². The van der Waals surface area contributed by atoms with E-state index in [0.29, 0.717) is 17.9 Å². The minimum atomic E-state index is -0.254. The van der Waals surface area contributed by atoms with E-state index in [2.05, 4.69) is 66.7 Å². The van der Waals surface area contributed by atoms with E-state index in [-0.39, 0.29) is 33.2 Å². The second-order valence-corrected chi connectivity index (χ2v) is 14.2. The minimum Gasteiger partial charge on any atom is -0.396 e. The highest BCUT2D eigenvalue weighted by molar-refractivity contribution is 5.57. The van der Waals surface area contributed by atoms with Crippen LogP contribution < -0.4 is 0 Å². The van der Waals surface area contributed by atoms with Crippen molar-refractivity contribution in [1.29, 1.82) is 0 Å². The molecular formula is C30H46O2. The lowest BCUT2D eigenvalue weighted by atomic mass is 9.36. The molecule has 2 N–H and O–H groups in total. The fourth-order valence-corrected chi connectivity index (χ4v) is 9.23. The van der Waals surface area contributed by atoms with Crippen LogP contribution in [0, 0.1) is 38.4 Å². The quantitative estimate of drug-likeness (QED) is 0.463. The molecule has 5 aliphatic rings. The number of hydrogen-bond acceptors (Lipinski definition) is 2. The number of aliphatic hydroxyl groups is 2. The molecule has 3 saturated carbocycles. The first kappa shape index (κ1) is 22.9. The van der Waals surface area contributed by atoms with Crippen LogP contribution in [0.4, 0.5) is 0 Å². The zero-order valence-corrected chi connectivity index (χ0v) is 21.6. The number of aliphatic hydroxyl groups excluding tert-OH is 2. The van der Waals surface area contributed by atoms with E-state index >= 15 is 0 Å². The van der Waals surface area contributed by atoms with Crippen molar-refractivity contribution in [1.82, 2.24) is 0 Å². The first-order valence-corrected chi connectivity index (χ1v) is 13.2. The second-order valence-electron chi connectivity index (χ2n) is 14.2. The molecule has 3 fully saturated rings. The Kier molecular flexibility index (Phi) is 4.74. The summed E-state index contributed by atoms with van der Waals surface area (Å²) in [6.45, 7) is 17.3. The SMILES string of the molecule is CC1(CO)CCC2(C)CCC3(C)C4=CC=C5C(C)(CCC(O)C5(C)C)C4=CCC3(C)C2C1. The van der Waals surface area contributed by atoms with Crippen LogP contribution >= 0.6 is 0 Å². The molecule has 0 radical (unpaired) electrons. The fraction of sp³-hybridized carbons (Fsp3) is 0.800. The Morgan fingerprint density at radius 2 is 1.56 bits per heavy atom. The van der Waals surface area contributed by atoms with Crippen LogP contribution in [0.3, 0.4) is 0 Å². The van der Waals surface area contributed by atoms with Crippen molar-refractivity contribution in [3.05, 3.63) is 34.9 Å². The van der Waals surface area contributed by atoms with Crippen molar-refractivity contribution < 1.29 is 10.2 Å². The summed E-state index contributed by atoms with van der Waals surface area (Å²) >= 11 is 0. The standard InChI is InChI=1S/C30H46O2/c1-25(2)22-9-8-21-20(28(22,5)12-11-24(25)32)10-13-30(7)23-18-26(3,19-31)14-15-27(23,4)16-17-29(21,30)6/h8-10,23-24,31-32H,11-19H2,1-7H3. The molecule has 2 nitrogen and oxygen atoms in total. The molecule has 0 aromatic heterocycles. The van der Waals surface area contributed by atoms with Gasteiger partial charge in [-0.25, -0.2) is 0 Å². The lowest BCUT2D eigenvalue weighted by Gasteiger charge is -2.68. The molecule has 0 heterocycles. The Morgan fingerprint density at radius 1 is 0.875 bits per heavy atom. The monoisotopic (exact) mass is 438 g/mol. The van der Waals surface area contributed by atoms with Crippen molar-refractivity contribution in [3.8, 4) is 0 Å². The molecule has 7 atom stereocenters. The van der Waals surface area contributed by atoms with Crippen LogP contribution in [-0.2, 0) is 0 Å². The van der Waals surface area contributed by atoms with E-state index in [0.717, 1.165) is 32.1 Å². The predicted octanol–water partition coefficient (Wildman–Crippen LogP) is 6.98. The first-order chi connectivity index (χ1) is 14.8. The fourth-order valence-electron chi connectivity index (χ4n) is 9.23. The van der Waals surface area contributed by atoms with Gasteiger partial charge in [-0.2, -0.15) is 0 Å². The van der Waals surface area contributed by atoms with Crippen LogP contribution in [0.15, 0.2) is 34.9 Å². The lowest BCUT2D eigenvalue weighted by Crippen LogP contribution is -2.60. The molecule has 32 heavy (non-hydrogen) atoms. The van der Waals surface area contributed by atoms with E-state index < -0.39 is 0 Å². The van der Waals surface area contributed by atoms with Gasteiger partial charge in [0.25, 0.3) is 0 Å². The van der Waals surface area contributed by atoms with E-state index in [1.165, 1.54) is 24.8 Å². The first-order valence-electron chi connectivity index (χ1n) is 13.2. The summed E-state index contributed by atoms with van der Waals surface area (Å²) in [7, 11) is 0. The maximum Gasteiger partial charge on any atom is 0.0629 e. The van der Waals surface area contributed by atoms with Gasteiger partial charge in [0.1, 0.15) is 0 Å². The van der Waals surface area contributed by atoms with Gasteiger partial charge in [-0.3, -0.25) is 0 Å². The summed E-state index contributed by atoms with van der Waals surface area (Å²) in [6, 6.07) is 0. The van der Waals surface area contributed by atoms with Gasteiger partial charge in [-0.05, 0) is 90.1 Å². The normalized spacial score (nSPS) is 51.8. The van der Waals surface area contributed by atoms with E-state index in [1.807, 2.05) is 0 Å². The number of hydrogen-bond donors (Lipinski definition) is 2. The topological polar surface area (TPSA) is 40.5 Å². The van der Waals surface area contributed by atoms with Gasteiger partial charge in [-0.15, -0.1) is 0 Å². The number of fused-ring (bicyclic) bond motifs is 7. The summed E-state index contributed by atoms with van der Waals surface area (Å²) in [4.78, 5) is 0. The van der Waals surface area contributed by atoms with E-state index in [9.17, 15) is 10.2 Å². The van der Waals surface area contributed by atoms with Crippen LogP contribution in [0.2, 0.25) is 0 Å². The molecule has 178 valence electrons. The van der Waals surface area contributed by atoms with Gasteiger partial charge in [0, 0.05) is 17.4 Å². The van der Waals surface area contributed by atoms with Gasteiger partial charge >= 0.3 is 0 Å². The average Bonchev–Trinajstić information content (AvgIpc) is 2.74. The van der Waals surface area contributed by atoms with Crippen molar-refractivity contribution in [3.63, 3.8) is 0 Å². The summed E-state index contributed by atoms with van der Waals surface area (Å²) < 4.78 is 0. The third-order valence-corrected chi connectivity index (χ3v) is 12.1. The summed E-state index contributed by atoms with van der Waals surface area (Å²) in [5.41, 5.74) is 5.31. The Labute approximate surface area is 196 Å². The molecule has 0 aromatic carbocycles. The molecule has 0 spiro atoms. The van der Waals surface area contributed by atoms with Crippen molar-refractivity contribution >= 4 is 0 Å². The van der Waals surface area contributed by atoms with E-state index in [1.54, 1.807) is 11.1 Å². The Bertz CT molecular complexity index is 923. The van der Waals surface area contributed by atoms with Crippen molar-refractivity contribution in [2.24, 2.45) is 38.4 Å². The summed E-state index contributed by atoms with van der Waals surface area (Å²) in [5.74, 6) is 0.640. The zero-order chi connectivity index (χ0) is 23.4. The molecule has 0 aliphatic heterocycles. The Hall–Kier alpha value is -0.860. The van der Waals surface area contributed by atoms with Crippen LogP contribution in [-0.4, -0.2) is 22.9 Å². The molecule has 5 aliphatic carbocycles. The van der Waals surface area contributed by atoms with Gasteiger partial charge in [0.15, 0.2) is 0 Å². The summed E-state index contributed by atoms with van der Waals surface area (Å²) in [5, 5.41) is 21.0. The molecule has 5 rings (SSSR count). The van der Waals surface area contributed by atoms with Gasteiger partial charge < -0.3 is 10.2 Å². The summed E-state index contributed by atoms with van der Waals surface area (Å²) in [6.07, 6.45) is 16.4. The van der Waals surface area contributed by atoms with Gasteiger partial charge in [-0.1, -0.05) is 72.3 Å². The van der Waals surface area contributed by atoms with Crippen molar-refractivity contribution in [2.75, 3.05) is 6.61 Å². The highest BCUT2D eigenvalue weighted by atomic mass is 16.3. The largest absolute Gasteiger partial charge is 0.396 e. The van der Waals surface area contributed by atoms with Gasteiger partial charge in [0.05, 0.1) is 6.10 Å². The lowest BCUT2D eigenvalue weighted by molar-refractivity contribution is -0.146. The average molecular weight is 439 g/mol. The smallest absolute Gasteiger partial charge is 0.0629 e. The molecule has 2 heteroatoms. The molecule has 0 amide bonds. The third-order valence-electron chi connectivity index (χ3n) is 12.1. The van der Waals surface area contributed by atoms with Crippen molar-refractivity contribution in [2.45, 2.75) is 106 Å². The second kappa shape index (κ2) is 6.63. The van der Waals surface area contributed by atoms with Crippen LogP contribution in [0.25, 0.3) is 0 Å². The van der Waals surface area contributed by atoms with Gasteiger partial charge in [0.2, 0.25) is 0 Å². The zero-order valence-electron chi connectivity index (χ0n) is 21.6. The molecular weight excluding hydrogens is 392 g/mol. The number of allylic oxidation sites excluding steroid dienone is 5. The molecule has 0 bridgehead atoms. The highest BCUT2D eigenvalue weighted by Crippen LogP contribution is 2.73. The highest BCUT2D eigenvalue weighted by Gasteiger charge is 2.65. The maximum atomic E-state index is 10.8. The van der Waals surface area contributed by atoms with Crippen LogP contribution in [0.5, 0.6) is 0 Å². The Morgan fingerprint density at radius 3 is 2.25 bits per heavy atom. The number of rotatable bonds is 1. The molecule has 0 aromatic rings. The van der Waals surface area contributed by atoms with Crippen LogP contribution in [0.1, 0.15) is 99.8 Å².